The summed E-state index contributed by atoms with van der Waals surface area (Å²) in [5.74, 6) is 0.855. The van der Waals surface area contributed by atoms with Crippen LogP contribution in [0, 0.1) is 0 Å². The van der Waals surface area contributed by atoms with Gasteiger partial charge in [-0.05, 0) is 28.9 Å². The van der Waals surface area contributed by atoms with Crippen LogP contribution in [0.3, 0.4) is 0 Å². The first-order valence-electron chi connectivity index (χ1n) is 5.71. The van der Waals surface area contributed by atoms with Crippen molar-refractivity contribution >= 4 is 43.3 Å². The Morgan fingerprint density at radius 3 is 3.11 bits per heavy atom. The number of aromatic nitrogens is 5. The van der Waals surface area contributed by atoms with Gasteiger partial charge in [0.2, 0.25) is 0 Å². The van der Waals surface area contributed by atoms with Crippen LogP contribution in [-0.2, 0) is 6.54 Å². The molecule has 0 amide bonds. The zero-order chi connectivity index (χ0) is 13.2. The van der Waals surface area contributed by atoms with Gasteiger partial charge in [-0.15, -0.1) is 11.3 Å². The first-order chi connectivity index (χ1) is 9.22. The SMILES string of the molecule is CC(Cn1cncn1)Nc1ncnc2cc(Br)sc12. The van der Waals surface area contributed by atoms with Gasteiger partial charge in [0.25, 0.3) is 0 Å². The number of fused-ring (bicyclic) bond motifs is 1. The summed E-state index contributed by atoms with van der Waals surface area (Å²) in [4.78, 5) is 12.5. The lowest BCUT2D eigenvalue weighted by molar-refractivity contribution is 0.558. The van der Waals surface area contributed by atoms with Crippen molar-refractivity contribution in [3.05, 3.63) is 28.8 Å². The summed E-state index contributed by atoms with van der Waals surface area (Å²) in [6, 6.07) is 2.19. The predicted molar refractivity (Wildman–Crippen MR) is 78.2 cm³/mol. The molecule has 3 aromatic heterocycles. The molecule has 0 bridgehead atoms. The summed E-state index contributed by atoms with van der Waals surface area (Å²) in [6.45, 7) is 2.82. The van der Waals surface area contributed by atoms with Crippen LogP contribution in [0.25, 0.3) is 10.2 Å². The maximum atomic E-state index is 4.31. The van der Waals surface area contributed by atoms with E-state index in [9.17, 15) is 0 Å². The third-order valence-corrected chi connectivity index (χ3v) is 4.23. The normalized spacial score (nSPS) is 12.7. The lowest BCUT2D eigenvalue weighted by Gasteiger charge is -2.14. The summed E-state index contributed by atoms with van der Waals surface area (Å²) in [5.41, 5.74) is 0.947. The molecule has 0 fully saturated rings. The maximum Gasteiger partial charge on any atom is 0.147 e. The quantitative estimate of drug-likeness (QED) is 0.791. The first kappa shape index (κ1) is 12.5. The molecule has 3 heterocycles. The summed E-state index contributed by atoms with van der Waals surface area (Å²) in [7, 11) is 0. The Kier molecular flexibility index (Phi) is 3.43. The molecule has 0 aromatic carbocycles. The van der Waals surface area contributed by atoms with E-state index in [0.29, 0.717) is 0 Å². The van der Waals surface area contributed by atoms with E-state index in [0.717, 1.165) is 26.4 Å². The van der Waals surface area contributed by atoms with Gasteiger partial charge in [0.15, 0.2) is 0 Å². The summed E-state index contributed by atoms with van der Waals surface area (Å²) >= 11 is 5.10. The Labute approximate surface area is 122 Å². The van der Waals surface area contributed by atoms with E-state index in [1.165, 1.54) is 6.33 Å². The van der Waals surface area contributed by atoms with Crippen LogP contribution in [-0.4, -0.2) is 30.8 Å². The molecule has 0 spiro atoms. The van der Waals surface area contributed by atoms with Gasteiger partial charge in [0, 0.05) is 6.04 Å². The standard InChI is InChI=1S/C11H11BrN6S/c1-7(3-18-6-13-4-16-18)17-11-10-8(14-5-15-11)2-9(12)19-10/h2,4-7H,3H2,1H3,(H,14,15,17). The summed E-state index contributed by atoms with van der Waals surface area (Å²) in [6.07, 6.45) is 4.81. The number of nitrogens with one attached hydrogen (secondary N) is 1. The second-order valence-corrected chi connectivity index (χ2v) is 6.58. The zero-order valence-electron chi connectivity index (χ0n) is 10.1. The van der Waals surface area contributed by atoms with Crippen molar-refractivity contribution in [3.8, 4) is 0 Å². The van der Waals surface area contributed by atoms with Crippen LogP contribution < -0.4 is 5.32 Å². The molecule has 98 valence electrons. The van der Waals surface area contributed by atoms with E-state index in [-0.39, 0.29) is 6.04 Å². The van der Waals surface area contributed by atoms with Crippen molar-refractivity contribution in [2.24, 2.45) is 0 Å². The lowest BCUT2D eigenvalue weighted by atomic mass is 10.3. The molecule has 8 heteroatoms. The predicted octanol–water partition coefficient (Wildman–Crippen LogP) is 2.55. The molecule has 19 heavy (non-hydrogen) atoms. The van der Waals surface area contributed by atoms with Crippen molar-refractivity contribution < 1.29 is 0 Å². The van der Waals surface area contributed by atoms with E-state index >= 15 is 0 Å². The van der Waals surface area contributed by atoms with Gasteiger partial charge in [0.05, 0.1) is 20.5 Å². The second-order valence-electron chi connectivity index (χ2n) is 4.15. The monoisotopic (exact) mass is 338 g/mol. The van der Waals surface area contributed by atoms with Gasteiger partial charge in [-0.25, -0.2) is 15.0 Å². The van der Waals surface area contributed by atoms with E-state index < -0.39 is 0 Å². The molecule has 0 aliphatic carbocycles. The summed E-state index contributed by atoms with van der Waals surface area (Å²) < 4.78 is 3.90. The Bertz CT molecular complexity index is 680. The van der Waals surface area contributed by atoms with Crippen molar-refractivity contribution in [3.63, 3.8) is 0 Å². The van der Waals surface area contributed by atoms with Gasteiger partial charge >= 0.3 is 0 Å². The molecular formula is C11H11BrN6S. The molecule has 3 rings (SSSR count). The number of rotatable bonds is 4. The number of hydrogen-bond acceptors (Lipinski definition) is 6. The topological polar surface area (TPSA) is 68.5 Å². The highest BCUT2D eigenvalue weighted by molar-refractivity contribution is 9.11. The van der Waals surface area contributed by atoms with Crippen molar-refractivity contribution in [2.45, 2.75) is 19.5 Å². The minimum absolute atomic E-state index is 0.195. The zero-order valence-corrected chi connectivity index (χ0v) is 12.5. The fourth-order valence-electron chi connectivity index (χ4n) is 1.81. The van der Waals surface area contributed by atoms with Crippen LogP contribution in [0.1, 0.15) is 6.92 Å². The van der Waals surface area contributed by atoms with Crippen LogP contribution in [0.2, 0.25) is 0 Å². The highest BCUT2D eigenvalue weighted by Crippen LogP contribution is 2.32. The Balaban J connectivity index is 1.81. The molecule has 0 aliphatic rings. The lowest BCUT2D eigenvalue weighted by Crippen LogP contribution is -2.22. The Morgan fingerprint density at radius 1 is 1.42 bits per heavy atom. The molecule has 1 N–H and O–H groups in total. The van der Waals surface area contributed by atoms with Gasteiger partial charge in [0.1, 0.15) is 24.8 Å². The average Bonchev–Trinajstić information content (AvgIpc) is 2.97. The van der Waals surface area contributed by atoms with Gasteiger partial charge in [-0.1, -0.05) is 0 Å². The molecule has 0 saturated heterocycles. The highest BCUT2D eigenvalue weighted by atomic mass is 79.9. The van der Waals surface area contributed by atoms with Gasteiger partial charge in [-0.2, -0.15) is 5.10 Å². The van der Waals surface area contributed by atoms with E-state index in [2.05, 4.69) is 48.2 Å². The third kappa shape index (κ3) is 2.74. The maximum absolute atomic E-state index is 4.31. The molecule has 1 atom stereocenters. The number of hydrogen-bond donors (Lipinski definition) is 1. The average molecular weight is 339 g/mol. The van der Waals surface area contributed by atoms with Crippen LogP contribution >= 0.6 is 27.3 Å². The van der Waals surface area contributed by atoms with Crippen LogP contribution in [0.15, 0.2) is 28.8 Å². The minimum Gasteiger partial charge on any atom is -0.364 e. The highest BCUT2D eigenvalue weighted by Gasteiger charge is 2.10. The van der Waals surface area contributed by atoms with Crippen molar-refractivity contribution in [1.29, 1.82) is 0 Å². The molecule has 3 aromatic rings. The molecule has 1 unspecified atom stereocenters. The minimum atomic E-state index is 0.195. The first-order valence-corrected chi connectivity index (χ1v) is 7.32. The number of nitrogens with zero attached hydrogens (tertiary/aromatic N) is 5. The fourth-order valence-corrected chi connectivity index (χ4v) is 3.31. The van der Waals surface area contributed by atoms with E-state index in [4.69, 9.17) is 0 Å². The van der Waals surface area contributed by atoms with Crippen LogP contribution in [0.5, 0.6) is 0 Å². The van der Waals surface area contributed by atoms with Crippen molar-refractivity contribution in [2.75, 3.05) is 5.32 Å². The van der Waals surface area contributed by atoms with Crippen molar-refractivity contribution in [1.82, 2.24) is 24.7 Å². The number of thiophene rings is 1. The molecule has 0 radical (unpaired) electrons. The molecule has 6 nitrogen and oxygen atoms in total. The third-order valence-electron chi connectivity index (χ3n) is 2.59. The molecular weight excluding hydrogens is 328 g/mol. The van der Waals surface area contributed by atoms with Gasteiger partial charge in [-0.3, -0.25) is 4.68 Å². The number of anilines is 1. The smallest absolute Gasteiger partial charge is 0.147 e. The largest absolute Gasteiger partial charge is 0.364 e. The Hall–Kier alpha value is -1.54. The van der Waals surface area contributed by atoms with Crippen LogP contribution in [0.4, 0.5) is 5.82 Å². The molecule has 0 aliphatic heterocycles. The fraction of sp³-hybridized carbons (Fsp3) is 0.273. The van der Waals surface area contributed by atoms with Gasteiger partial charge < -0.3 is 5.32 Å². The molecule has 0 saturated carbocycles. The van der Waals surface area contributed by atoms with E-state index in [1.54, 1.807) is 28.7 Å². The Morgan fingerprint density at radius 2 is 2.32 bits per heavy atom. The van der Waals surface area contributed by atoms with E-state index in [1.807, 2.05) is 6.07 Å². The summed E-state index contributed by atoms with van der Waals surface area (Å²) in [5, 5.41) is 7.48. The second kappa shape index (κ2) is 5.22. The number of halogens is 1.